The largest absolute Gasteiger partial charge is 0.418 e. The second-order valence-corrected chi connectivity index (χ2v) is 10.2. The first-order valence-electron chi connectivity index (χ1n) is 13.8. The average molecular weight is 525 g/mol. The molecule has 8 rings (SSSR count). The number of nitrogens with zero attached hydrogens (tertiary/aromatic N) is 2. The van der Waals surface area contributed by atoms with Gasteiger partial charge in [0.1, 0.15) is 5.52 Å². The van der Waals surface area contributed by atoms with Gasteiger partial charge in [0.05, 0.1) is 5.69 Å². The molecular formula is C38H24N2O. The highest BCUT2D eigenvalue weighted by molar-refractivity contribution is 6.21. The Hall–Kier alpha value is -5.54. The number of fused-ring (bicyclic) bond motifs is 3. The fourth-order valence-corrected chi connectivity index (χ4v) is 5.84. The van der Waals surface area contributed by atoms with E-state index >= 15 is 0 Å². The van der Waals surface area contributed by atoms with Crippen molar-refractivity contribution in [3.8, 4) is 45.0 Å². The Balaban J connectivity index is 1.28. The SMILES string of the molecule is c1ccc(-c2ccc(-c3nc4ccc(-c5c6ccccc6c(-c6ccccc6)c6ccccc56)nc4o3)cc2)cc1. The number of benzene rings is 6. The van der Waals surface area contributed by atoms with Gasteiger partial charge in [0, 0.05) is 11.1 Å². The summed E-state index contributed by atoms with van der Waals surface area (Å²) in [6.07, 6.45) is 0. The lowest BCUT2D eigenvalue weighted by Crippen LogP contribution is -1.92. The topological polar surface area (TPSA) is 38.9 Å². The van der Waals surface area contributed by atoms with Crippen LogP contribution in [-0.4, -0.2) is 9.97 Å². The van der Waals surface area contributed by atoms with Gasteiger partial charge in [0.25, 0.3) is 0 Å². The van der Waals surface area contributed by atoms with Crippen molar-refractivity contribution in [2.75, 3.05) is 0 Å². The van der Waals surface area contributed by atoms with E-state index in [0.717, 1.165) is 38.7 Å². The number of rotatable bonds is 4. The van der Waals surface area contributed by atoms with Crippen LogP contribution in [0.2, 0.25) is 0 Å². The van der Waals surface area contributed by atoms with Gasteiger partial charge in [-0.2, -0.15) is 0 Å². The second kappa shape index (κ2) is 9.58. The lowest BCUT2D eigenvalue weighted by atomic mass is 9.87. The molecule has 0 aliphatic rings. The summed E-state index contributed by atoms with van der Waals surface area (Å²) in [4.78, 5) is 9.80. The van der Waals surface area contributed by atoms with Crippen LogP contribution >= 0.6 is 0 Å². The molecule has 0 N–H and O–H groups in total. The quantitative estimate of drug-likeness (QED) is 0.215. The van der Waals surface area contributed by atoms with Crippen LogP contribution in [0.3, 0.4) is 0 Å². The maximum absolute atomic E-state index is 6.26. The van der Waals surface area contributed by atoms with Crippen LogP contribution in [0.25, 0.3) is 77.7 Å². The van der Waals surface area contributed by atoms with E-state index in [4.69, 9.17) is 14.4 Å². The van der Waals surface area contributed by atoms with Crippen molar-refractivity contribution in [3.63, 3.8) is 0 Å². The van der Waals surface area contributed by atoms with Crippen LogP contribution in [0, 0.1) is 0 Å². The summed E-state index contributed by atoms with van der Waals surface area (Å²) in [7, 11) is 0. The molecule has 6 aromatic carbocycles. The van der Waals surface area contributed by atoms with Crippen molar-refractivity contribution < 1.29 is 4.42 Å². The molecule has 0 atom stereocenters. The van der Waals surface area contributed by atoms with Gasteiger partial charge in [-0.3, -0.25) is 0 Å². The van der Waals surface area contributed by atoms with Crippen molar-refractivity contribution >= 4 is 32.8 Å². The van der Waals surface area contributed by atoms with E-state index in [1.165, 1.54) is 27.5 Å². The molecular weight excluding hydrogens is 500 g/mol. The summed E-state index contributed by atoms with van der Waals surface area (Å²) in [5.41, 5.74) is 8.94. The van der Waals surface area contributed by atoms with E-state index in [1.54, 1.807) is 0 Å². The molecule has 2 heterocycles. The monoisotopic (exact) mass is 524 g/mol. The molecule has 41 heavy (non-hydrogen) atoms. The summed E-state index contributed by atoms with van der Waals surface area (Å²) < 4.78 is 6.26. The third-order valence-electron chi connectivity index (χ3n) is 7.74. The minimum atomic E-state index is 0.532. The van der Waals surface area contributed by atoms with Gasteiger partial charge in [0.15, 0.2) is 0 Å². The Morgan fingerprint density at radius 2 is 0.854 bits per heavy atom. The molecule has 3 nitrogen and oxygen atoms in total. The lowest BCUT2D eigenvalue weighted by Gasteiger charge is -2.17. The first-order chi connectivity index (χ1) is 20.3. The van der Waals surface area contributed by atoms with Gasteiger partial charge < -0.3 is 4.42 Å². The van der Waals surface area contributed by atoms with E-state index in [0.29, 0.717) is 11.6 Å². The van der Waals surface area contributed by atoms with E-state index < -0.39 is 0 Å². The molecule has 0 bridgehead atoms. The standard InChI is InChI=1S/C38H24N2O/c1-3-11-25(12-4-1)26-19-21-28(22-20-26)37-40-34-24-23-33(39-38(34)41-37)36-31-17-9-7-15-29(31)35(27-13-5-2-6-14-27)30-16-8-10-18-32(30)36/h1-24H. The Labute approximate surface area is 237 Å². The Morgan fingerprint density at radius 3 is 1.46 bits per heavy atom. The van der Waals surface area contributed by atoms with Gasteiger partial charge in [0.2, 0.25) is 11.6 Å². The highest BCUT2D eigenvalue weighted by Crippen LogP contribution is 2.43. The smallest absolute Gasteiger partial charge is 0.247 e. The Kier molecular flexibility index (Phi) is 5.46. The fourth-order valence-electron chi connectivity index (χ4n) is 5.84. The van der Waals surface area contributed by atoms with E-state index in [9.17, 15) is 0 Å². The minimum absolute atomic E-state index is 0.532. The van der Waals surface area contributed by atoms with Crippen molar-refractivity contribution in [2.45, 2.75) is 0 Å². The van der Waals surface area contributed by atoms with Gasteiger partial charge in [-0.25, -0.2) is 9.97 Å². The third-order valence-corrected chi connectivity index (χ3v) is 7.74. The summed E-state index contributed by atoms with van der Waals surface area (Å²) in [5, 5.41) is 4.72. The summed E-state index contributed by atoms with van der Waals surface area (Å²) in [6.45, 7) is 0. The molecule has 8 aromatic rings. The van der Waals surface area contributed by atoms with Gasteiger partial charge >= 0.3 is 0 Å². The van der Waals surface area contributed by atoms with Gasteiger partial charge in [-0.15, -0.1) is 0 Å². The second-order valence-electron chi connectivity index (χ2n) is 10.2. The van der Waals surface area contributed by atoms with Crippen LogP contribution < -0.4 is 0 Å². The molecule has 0 spiro atoms. The number of oxazole rings is 1. The molecule has 2 aromatic heterocycles. The van der Waals surface area contributed by atoms with Crippen molar-refractivity contribution in [1.82, 2.24) is 9.97 Å². The summed E-state index contributed by atoms with van der Waals surface area (Å²) >= 11 is 0. The lowest BCUT2D eigenvalue weighted by molar-refractivity contribution is 0.608. The third kappa shape index (κ3) is 3.98. The predicted octanol–water partition coefficient (Wildman–Crippen LogP) is 10.2. The Morgan fingerprint density at radius 1 is 0.366 bits per heavy atom. The normalized spacial score (nSPS) is 11.4. The number of pyridine rings is 1. The van der Waals surface area contributed by atoms with Crippen LogP contribution in [0.4, 0.5) is 0 Å². The molecule has 3 heteroatoms. The van der Waals surface area contributed by atoms with E-state index in [1.807, 2.05) is 12.1 Å². The fraction of sp³-hybridized carbons (Fsp3) is 0. The predicted molar refractivity (Wildman–Crippen MR) is 169 cm³/mol. The molecule has 0 fully saturated rings. The van der Waals surface area contributed by atoms with Crippen LogP contribution in [0.5, 0.6) is 0 Å². The van der Waals surface area contributed by atoms with Gasteiger partial charge in [-0.1, -0.05) is 121 Å². The van der Waals surface area contributed by atoms with Crippen LogP contribution in [0.15, 0.2) is 150 Å². The molecule has 0 amide bonds. The first kappa shape index (κ1) is 23.4. The molecule has 0 saturated carbocycles. The zero-order valence-corrected chi connectivity index (χ0v) is 22.2. The zero-order valence-electron chi connectivity index (χ0n) is 22.2. The molecule has 0 radical (unpaired) electrons. The van der Waals surface area contributed by atoms with E-state index in [2.05, 4.69) is 133 Å². The number of hydrogen-bond acceptors (Lipinski definition) is 3. The molecule has 0 aliphatic carbocycles. The van der Waals surface area contributed by atoms with Crippen LogP contribution in [0.1, 0.15) is 0 Å². The van der Waals surface area contributed by atoms with E-state index in [-0.39, 0.29) is 0 Å². The maximum Gasteiger partial charge on any atom is 0.247 e. The highest BCUT2D eigenvalue weighted by Gasteiger charge is 2.18. The highest BCUT2D eigenvalue weighted by atomic mass is 16.4. The molecule has 0 saturated heterocycles. The molecule has 0 unspecified atom stereocenters. The van der Waals surface area contributed by atoms with Crippen molar-refractivity contribution in [3.05, 3.63) is 146 Å². The van der Waals surface area contributed by atoms with Crippen molar-refractivity contribution in [1.29, 1.82) is 0 Å². The number of aromatic nitrogens is 2. The van der Waals surface area contributed by atoms with Gasteiger partial charge in [-0.05, 0) is 68.1 Å². The number of hydrogen-bond donors (Lipinski definition) is 0. The Bertz CT molecular complexity index is 2120. The molecule has 0 aliphatic heterocycles. The summed E-state index contributed by atoms with van der Waals surface area (Å²) in [6, 6.07) is 50.5. The van der Waals surface area contributed by atoms with Crippen LogP contribution in [-0.2, 0) is 0 Å². The summed E-state index contributed by atoms with van der Waals surface area (Å²) in [5.74, 6) is 0.568. The van der Waals surface area contributed by atoms with Crippen molar-refractivity contribution in [2.24, 2.45) is 0 Å². The molecule has 192 valence electrons. The minimum Gasteiger partial charge on any atom is -0.418 e. The average Bonchev–Trinajstić information content (AvgIpc) is 3.48. The first-order valence-corrected chi connectivity index (χ1v) is 13.8. The zero-order chi connectivity index (χ0) is 27.2. The maximum atomic E-state index is 6.26.